The SMILES string of the molecule is CN(Cc1c(F)ccc(Br)c1F)C1CCCCC1O. The van der Waals surface area contributed by atoms with Gasteiger partial charge in [-0.2, -0.15) is 0 Å². The van der Waals surface area contributed by atoms with E-state index in [2.05, 4.69) is 15.9 Å². The Hall–Kier alpha value is -0.520. The van der Waals surface area contributed by atoms with Crippen LogP contribution in [-0.2, 0) is 6.54 Å². The van der Waals surface area contributed by atoms with Gasteiger partial charge in [-0.25, -0.2) is 8.78 Å². The third-order valence-electron chi connectivity index (χ3n) is 3.81. The first-order chi connectivity index (χ1) is 9.00. The quantitative estimate of drug-likeness (QED) is 0.856. The average Bonchev–Trinajstić information content (AvgIpc) is 2.39. The number of hydrogen-bond donors (Lipinski definition) is 1. The summed E-state index contributed by atoms with van der Waals surface area (Å²) in [6.45, 7) is 0.166. The third kappa shape index (κ3) is 3.33. The molecule has 1 fully saturated rings. The van der Waals surface area contributed by atoms with Crippen LogP contribution in [0.2, 0.25) is 0 Å². The Kier molecular flexibility index (Phi) is 4.92. The molecule has 2 unspecified atom stereocenters. The molecule has 1 aromatic rings. The summed E-state index contributed by atoms with van der Waals surface area (Å²) in [4.78, 5) is 1.84. The van der Waals surface area contributed by atoms with Crippen LogP contribution in [0.5, 0.6) is 0 Å². The van der Waals surface area contributed by atoms with Gasteiger partial charge in [-0.1, -0.05) is 12.8 Å². The average molecular weight is 334 g/mol. The maximum atomic E-state index is 13.9. The zero-order valence-corrected chi connectivity index (χ0v) is 12.5. The lowest BCUT2D eigenvalue weighted by molar-refractivity contribution is 0.0279. The van der Waals surface area contributed by atoms with E-state index in [1.165, 1.54) is 12.1 Å². The first kappa shape index (κ1) is 14.9. The van der Waals surface area contributed by atoms with Crippen LogP contribution < -0.4 is 0 Å². The fourth-order valence-corrected chi connectivity index (χ4v) is 3.06. The number of likely N-dealkylation sites (N-methyl/N-ethyl adjacent to an activating group) is 1. The van der Waals surface area contributed by atoms with Crippen molar-refractivity contribution in [3.8, 4) is 0 Å². The van der Waals surface area contributed by atoms with Crippen LogP contribution in [-0.4, -0.2) is 29.2 Å². The van der Waals surface area contributed by atoms with Gasteiger partial charge in [-0.05, 0) is 48.0 Å². The van der Waals surface area contributed by atoms with Crippen LogP contribution in [0.25, 0.3) is 0 Å². The summed E-state index contributed by atoms with van der Waals surface area (Å²) in [5.74, 6) is -1.10. The van der Waals surface area contributed by atoms with Gasteiger partial charge in [-0.3, -0.25) is 4.90 Å². The number of aliphatic hydroxyl groups is 1. The van der Waals surface area contributed by atoms with Gasteiger partial charge < -0.3 is 5.11 Å². The maximum absolute atomic E-state index is 13.9. The number of aliphatic hydroxyl groups excluding tert-OH is 1. The van der Waals surface area contributed by atoms with E-state index in [0.717, 1.165) is 25.7 Å². The van der Waals surface area contributed by atoms with E-state index in [1.54, 1.807) is 7.05 Å². The summed E-state index contributed by atoms with van der Waals surface area (Å²) in [5.41, 5.74) is 0.0506. The van der Waals surface area contributed by atoms with E-state index in [4.69, 9.17) is 0 Å². The van der Waals surface area contributed by atoms with Crippen LogP contribution >= 0.6 is 15.9 Å². The molecule has 2 nitrogen and oxygen atoms in total. The molecular formula is C14H18BrF2NO. The molecule has 0 saturated heterocycles. The summed E-state index contributed by atoms with van der Waals surface area (Å²) >= 11 is 3.07. The molecule has 0 radical (unpaired) electrons. The van der Waals surface area contributed by atoms with E-state index >= 15 is 0 Å². The summed E-state index contributed by atoms with van der Waals surface area (Å²) < 4.78 is 27.9. The van der Waals surface area contributed by atoms with Gasteiger partial charge >= 0.3 is 0 Å². The van der Waals surface area contributed by atoms with Crippen molar-refractivity contribution < 1.29 is 13.9 Å². The lowest BCUT2D eigenvalue weighted by atomic mass is 9.91. The smallest absolute Gasteiger partial charge is 0.144 e. The van der Waals surface area contributed by atoms with Gasteiger partial charge in [0.2, 0.25) is 0 Å². The zero-order chi connectivity index (χ0) is 14.0. The van der Waals surface area contributed by atoms with Gasteiger partial charge in [-0.15, -0.1) is 0 Å². The molecule has 0 spiro atoms. The van der Waals surface area contributed by atoms with Crippen LogP contribution in [0.4, 0.5) is 8.78 Å². The van der Waals surface area contributed by atoms with Crippen molar-refractivity contribution in [1.29, 1.82) is 0 Å². The number of nitrogens with zero attached hydrogens (tertiary/aromatic N) is 1. The summed E-state index contributed by atoms with van der Waals surface area (Å²) in [6, 6.07) is 2.60. The molecule has 1 aliphatic rings. The summed E-state index contributed by atoms with van der Waals surface area (Å²) in [6.07, 6.45) is 3.30. The Morgan fingerprint density at radius 3 is 2.68 bits per heavy atom. The lowest BCUT2D eigenvalue weighted by Crippen LogP contribution is -2.43. The molecule has 2 atom stereocenters. The van der Waals surface area contributed by atoms with Gasteiger partial charge in [0.05, 0.1) is 10.6 Å². The highest BCUT2D eigenvalue weighted by Gasteiger charge is 2.27. The van der Waals surface area contributed by atoms with Crippen LogP contribution in [0.1, 0.15) is 31.2 Å². The molecule has 0 aromatic heterocycles. The summed E-state index contributed by atoms with van der Waals surface area (Å²) in [7, 11) is 1.80. The van der Waals surface area contributed by atoms with Crippen molar-refractivity contribution in [3.05, 3.63) is 33.8 Å². The van der Waals surface area contributed by atoms with Gasteiger partial charge in [0.25, 0.3) is 0 Å². The van der Waals surface area contributed by atoms with Crippen LogP contribution in [0, 0.1) is 11.6 Å². The first-order valence-electron chi connectivity index (χ1n) is 6.51. The molecule has 5 heteroatoms. The highest BCUT2D eigenvalue weighted by molar-refractivity contribution is 9.10. The standard InChI is InChI=1S/C14H18BrF2NO/c1-18(12-4-2-3-5-13(12)19)8-9-11(16)7-6-10(15)14(9)17/h6-7,12-13,19H,2-5,8H2,1H3. The van der Waals surface area contributed by atoms with Crippen molar-refractivity contribution in [2.45, 2.75) is 44.4 Å². The monoisotopic (exact) mass is 333 g/mol. The van der Waals surface area contributed by atoms with Crippen molar-refractivity contribution in [2.24, 2.45) is 0 Å². The van der Waals surface area contributed by atoms with Crippen LogP contribution in [0.3, 0.4) is 0 Å². The number of rotatable bonds is 3. The second kappa shape index (κ2) is 6.29. The minimum absolute atomic E-state index is 0.0217. The lowest BCUT2D eigenvalue weighted by Gasteiger charge is -2.35. The molecule has 2 rings (SSSR count). The van der Waals surface area contributed by atoms with E-state index in [1.807, 2.05) is 4.90 Å². The highest BCUT2D eigenvalue weighted by atomic mass is 79.9. The van der Waals surface area contributed by atoms with Crippen molar-refractivity contribution in [2.75, 3.05) is 7.05 Å². The third-order valence-corrected chi connectivity index (χ3v) is 4.42. The van der Waals surface area contributed by atoms with E-state index < -0.39 is 17.7 Å². The number of benzene rings is 1. The molecule has 1 saturated carbocycles. The van der Waals surface area contributed by atoms with Crippen molar-refractivity contribution in [3.63, 3.8) is 0 Å². The Bertz CT molecular complexity index is 455. The number of hydrogen-bond acceptors (Lipinski definition) is 2. The number of halogens is 3. The molecule has 1 aromatic carbocycles. The van der Waals surface area contributed by atoms with E-state index in [0.29, 0.717) is 0 Å². The fraction of sp³-hybridized carbons (Fsp3) is 0.571. The van der Waals surface area contributed by atoms with E-state index in [-0.39, 0.29) is 22.6 Å². The van der Waals surface area contributed by atoms with Crippen molar-refractivity contribution >= 4 is 15.9 Å². The largest absolute Gasteiger partial charge is 0.391 e. The summed E-state index contributed by atoms with van der Waals surface area (Å²) in [5, 5.41) is 9.97. The van der Waals surface area contributed by atoms with Gasteiger partial charge in [0.1, 0.15) is 11.6 Å². The fourth-order valence-electron chi connectivity index (χ4n) is 2.69. The predicted molar refractivity (Wildman–Crippen MR) is 73.8 cm³/mol. The Morgan fingerprint density at radius 1 is 1.32 bits per heavy atom. The maximum Gasteiger partial charge on any atom is 0.144 e. The first-order valence-corrected chi connectivity index (χ1v) is 7.30. The highest BCUT2D eigenvalue weighted by Crippen LogP contribution is 2.27. The Labute approximate surface area is 120 Å². The normalized spacial score (nSPS) is 23.9. The second-order valence-corrected chi connectivity index (χ2v) is 6.01. The second-order valence-electron chi connectivity index (χ2n) is 5.16. The molecule has 106 valence electrons. The minimum Gasteiger partial charge on any atom is -0.391 e. The predicted octanol–water partition coefficient (Wildman–Crippen LogP) is 3.46. The molecule has 19 heavy (non-hydrogen) atoms. The topological polar surface area (TPSA) is 23.5 Å². The molecule has 1 aliphatic carbocycles. The van der Waals surface area contributed by atoms with E-state index in [9.17, 15) is 13.9 Å². The van der Waals surface area contributed by atoms with Crippen molar-refractivity contribution in [1.82, 2.24) is 4.90 Å². The van der Waals surface area contributed by atoms with Gasteiger partial charge in [0, 0.05) is 18.2 Å². The zero-order valence-electron chi connectivity index (χ0n) is 10.9. The molecule has 0 heterocycles. The molecule has 0 aliphatic heterocycles. The minimum atomic E-state index is -0.558. The molecular weight excluding hydrogens is 316 g/mol. The molecule has 0 bridgehead atoms. The Balaban J connectivity index is 2.14. The molecule has 1 N–H and O–H groups in total. The van der Waals surface area contributed by atoms with Crippen LogP contribution in [0.15, 0.2) is 16.6 Å². The van der Waals surface area contributed by atoms with Gasteiger partial charge in [0.15, 0.2) is 0 Å². The molecule has 0 amide bonds. The Morgan fingerprint density at radius 2 is 2.00 bits per heavy atom.